The Bertz CT molecular complexity index is 1400. The molecule has 0 atom stereocenters. The molecule has 0 bridgehead atoms. The maximum Gasteiger partial charge on any atom is 0.196 e. The molecule has 36 heavy (non-hydrogen) atoms. The van der Waals surface area contributed by atoms with Crippen LogP contribution in [0.2, 0.25) is 0 Å². The summed E-state index contributed by atoms with van der Waals surface area (Å²) < 4.78 is 1.75. The molecule has 0 radical (unpaired) electrons. The summed E-state index contributed by atoms with van der Waals surface area (Å²) >= 11 is 0. The van der Waals surface area contributed by atoms with Gasteiger partial charge < -0.3 is 0 Å². The highest BCUT2D eigenvalue weighted by Crippen LogP contribution is 2.43. The average Bonchev–Trinajstić information content (AvgIpc) is 3.49. The summed E-state index contributed by atoms with van der Waals surface area (Å²) in [7, 11) is 0. The number of nitrogens with zero attached hydrogens (tertiary/aromatic N) is 4. The van der Waals surface area contributed by atoms with Crippen molar-refractivity contribution in [3.05, 3.63) is 119 Å². The minimum absolute atomic E-state index is 0.150. The summed E-state index contributed by atoms with van der Waals surface area (Å²) in [6.07, 6.45) is 3.53. The van der Waals surface area contributed by atoms with Crippen molar-refractivity contribution in [3.63, 3.8) is 0 Å². The quantitative estimate of drug-likeness (QED) is 0.403. The van der Waals surface area contributed by atoms with E-state index in [1.54, 1.807) is 23.0 Å². The molecule has 6 rings (SSSR count). The molecule has 1 fully saturated rings. The highest BCUT2D eigenvalue weighted by Gasteiger charge is 2.58. The van der Waals surface area contributed by atoms with E-state index in [2.05, 4.69) is 46.1 Å². The molecule has 4 aromatic rings. The Morgan fingerprint density at radius 2 is 1.39 bits per heavy atom. The van der Waals surface area contributed by atoms with Gasteiger partial charge in [-0.25, -0.2) is 4.68 Å². The number of fused-ring (bicyclic) bond motifs is 1. The van der Waals surface area contributed by atoms with Gasteiger partial charge in [-0.15, -0.1) is 0 Å². The van der Waals surface area contributed by atoms with Crippen molar-refractivity contribution in [3.8, 4) is 5.69 Å². The fourth-order valence-corrected chi connectivity index (χ4v) is 5.61. The lowest BCUT2D eigenvalue weighted by Crippen LogP contribution is -2.60. The van der Waals surface area contributed by atoms with Crippen LogP contribution < -0.4 is 0 Å². The number of carbonyl (C=O) groups is 2. The Labute approximate surface area is 210 Å². The number of rotatable bonds is 5. The van der Waals surface area contributed by atoms with Crippen LogP contribution in [0.25, 0.3) is 5.69 Å². The molecule has 1 aliphatic carbocycles. The number of aryl methyl sites for hydroxylation is 1. The minimum Gasteiger partial charge on any atom is -0.297 e. The van der Waals surface area contributed by atoms with Crippen LogP contribution in [0, 0.1) is 6.92 Å². The zero-order valence-corrected chi connectivity index (χ0v) is 20.3. The van der Waals surface area contributed by atoms with Crippen LogP contribution in [-0.2, 0) is 12.1 Å². The van der Waals surface area contributed by atoms with Crippen molar-refractivity contribution in [2.75, 3.05) is 26.2 Å². The molecule has 6 nitrogen and oxygen atoms in total. The first-order valence-corrected chi connectivity index (χ1v) is 12.4. The number of para-hydroxylation sites is 1. The molecule has 0 spiro atoms. The third-order valence-electron chi connectivity index (χ3n) is 7.60. The van der Waals surface area contributed by atoms with E-state index in [9.17, 15) is 9.59 Å². The normalized spacial score (nSPS) is 17.9. The van der Waals surface area contributed by atoms with Gasteiger partial charge >= 0.3 is 0 Å². The molecule has 180 valence electrons. The lowest BCUT2D eigenvalue weighted by molar-refractivity contribution is 0.0279. The first-order valence-electron chi connectivity index (χ1n) is 12.4. The highest BCUT2D eigenvalue weighted by atomic mass is 16.2. The first kappa shape index (κ1) is 22.6. The number of hydrogen-bond acceptors (Lipinski definition) is 5. The summed E-state index contributed by atoms with van der Waals surface area (Å²) in [6.45, 7) is 5.79. The van der Waals surface area contributed by atoms with Crippen LogP contribution in [0.15, 0.2) is 91.3 Å². The van der Waals surface area contributed by atoms with Crippen LogP contribution in [0.1, 0.15) is 37.4 Å². The van der Waals surface area contributed by atoms with Crippen LogP contribution in [0.5, 0.6) is 0 Å². The monoisotopic (exact) mass is 476 g/mol. The molecule has 3 aromatic carbocycles. The van der Waals surface area contributed by atoms with Gasteiger partial charge in [-0.2, -0.15) is 5.10 Å². The lowest BCUT2D eigenvalue weighted by Gasteiger charge is -2.43. The Morgan fingerprint density at radius 1 is 0.778 bits per heavy atom. The molecular weight excluding hydrogens is 448 g/mol. The third-order valence-corrected chi connectivity index (χ3v) is 7.60. The lowest BCUT2D eigenvalue weighted by atomic mass is 9.84. The second kappa shape index (κ2) is 8.97. The van der Waals surface area contributed by atoms with Gasteiger partial charge in [0.05, 0.1) is 11.9 Å². The van der Waals surface area contributed by atoms with Crippen molar-refractivity contribution in [2.45, 2.75) is 19.0 Å². The van der Waals surface area contributed by atoms with Crippen molar-refractivity contribution in [1.82, 2.24) is 19.6 Å². The second-order valence-corrected chi connectivity index (χ2v) is 9.61. The summed E-state index contributed by atoms with van der Waals surface area (Å²) in [6, 6.07) is 25.4. The van der Waals surface area contributed by atoms with Gasteiger partial charge in [0.25, 0.3) is 0 Å². The summed E-state index contributed by atoms with van der Waals surface area (Å²) in [4.78, 5) is 32.6. The van der Waals surface area contributed by atoms with Gasteiger partial charge in [-0.1, -0.05) is 66.7 Å². The van der Waals surface area contributed by atoms with Crippen molar-refractivity contribution < 1.29 is 9.59 Å². The second-order valence-electron chi connectivity index (χ2n) is 9.61. The van der Waals surface area contributed by atoms with Crippen LogP contribution in [0.3, 0.4) is 0 Å². The number of ketones is 2. The van der Waals surface area contributed by atoms with Gasteiger partial charge in [-0.05, 0) is 30.2 Å². The van der Waals surface area contributed by atoms with E-state index in [0.717, 1.165) is 25.3 Å². The molecule has 1 aliphatic heterocycles. The van der Waals surface area contributed by atoms with Gasteiger partial charge in [0.15, 0.2) is 17.1 Å². The summed E-state index contributed by atoms with van der Waals surface area (Å²) in [5.41, 5.74) is 3.72. The molecular formula is C30H28N4O2. The van der Waals surface area contributed by atoms with Crippen LogP contribution in [0.4, 0.5) is 0 Å². The SMILES string of the molecule is Cc1ccccc1CN1CCN(C2(c3cnn(-c4ccccc4)c3)C(=O)c3ccccc3C2=O)CC1. The Hall–Kier alpha value is -3.87. The highest BCUT2D eigenvalue weighted by molar-refractivity contribution is 6.32. The third kappa shape index (κ3) is 3.53. The van der Waals surface area contributed by atoms with Crippen molar-refractivity contribution in [1.29, 1.82) is 0 Å². The van der Waals surface area contributed by atoms with E-state index in [1.165, 1.54) is 11.1 Å². The number of piperazine rings is 1. The minimum atomic E-state index is -1.38. The summed E-state index contributed by atoms with van der Waals surface area (Å²) in [5, 5.41) is 4.56. The van der Waals surface area contributed by atoms with E-state index >= 15 is 0 Å². The molecule has 6 heteroatoms. The largest absolute Gasteiger partial charge is 0.297 e. The first-order chi connectivity index (χ1) is 17.6. The van der Waals surface area contributed by atoms with Crippen molar-refractivity contribution in [2.24, 2.45) is 0 Å². The molecule has 1 aromatic heterocycles. The standard InChI is InChI=1S/C30H28N4O2/c1-22-9-5-6-10-23(22)20-32-15-17-33(18-16-32)30(28(35)26-13-7-8-14-27(26)29(30)36)24-19-31-34(21-24)25-11-3-2-4-12-25/h2-14,19,21H,15-18,20H2,1H3. The molecule has 2 heterocycles. The van der Waals surface area contributed by atoms with Crippen LogP contribution in [-0.4, -0.2) is 57.3 Å². The Balaban J connectivity index is 1.35. The molecule has 0 saturated carbocycles. The van der Waals surface area contributed by atoms with E-state index < -0.39 is 5.54 Å². The zero-order valence-electron chi connectivity index (χ0n) is 20.3. The van der Waals surface area contributed by atoms with Gasteiger partial charge in [0, 0.05) is 55.6 Å². The number of Topliss-reactive ketones (excluding diaryl/α,β-unsaturated/α-hetero) is 2. The maximum atomic E-state index is 14.1. The average molecular weight is 477 g/mol. The van der Waals surface area contributed by atoms with Gasteiger partial charge in [-0.3, -0.25) is 19.4 Å². The van der Waals surface area contributed by atoms with E-state index in [-0.39, 0.29) is 11.6 Å². The smallest absolute Gasteiger partial charge is 0.196 e. The van der Waals surface area contributed by atoms with Crippen molar-refractivity contribution >= 4 is 11.6 Å². The topological polar surface area (TPSA) is 58.4 Å². The van der Waals surface area contributed by atoms with Gasteiger partial charge in [0.1, 0.15) is 0 Å². The number of carbonyl (C=O) groups excluding carboxylic acids is 2. The molecule has 0 amide bonds. The maximum absolute atomic E-state index is 14.1. The van der Waals surface area contributed by atoms with Crippen LogP contribution >= 0.6 is 0 Å². The van der Waals surface area contributed by atoms with Gasteiger partial charge in [0.2, 0.25) is 0 Å². The summed E-state index contributed by atoms with van der Waals surface area (Å²) in [5.74, 6) is -0.300. The van der Waals surface area contributed by atoms with E-state index in [0.29, 0.717) is 29.8 Å². The molecule has 0 N–H and O–H groups in total. The predicted octanol–water partition coefficient (Wildman–Crippen LogP) is 4.27. The van der Waals surface area contributed by atoms with E-state index in [1.807, 2.05) is 48.7 Å². The number of aromatic nitrogens is 2. The molecule has 0 unspecified atom stereocenters. The molecule has 2 aliphatic rings. The fourth-order valence-electron chi connectivity index (χ4n) is 5.61. The fraction of sp³-hybridized carbons (Fsp3) is 0.233. The zero-order chi connectivity index (χ0) is 24.7. The predicted molar refractivity (Wildman–Crippen MR) is 138 cm³/mol. The number of benzene rings is 3. The Kier molecular flexibility index (Phi) is 5.63. The Morgan fingerprint density at radius 3 is 2.06 bits per heavy atom. The number of hydrogen-bond donors (Lipinski definition) is 0. The van der Waals surface area contributed by atoms with E-state index in [4.69, 9.17) is 0 Å². The molecule has 1 saturated heterocycles.